The van der Waals surface area contributed by atoms with Crippen molar-refractivity contribution in [3.05, 3.63) is 41.0 Å². The molecule has 0 atom stereocenters. The Morgan fingerprint density at radius 2 is 2.00 bits per heavy atom. The van der Waals surface area contributed by atoms with Crippen LogP contribution < -0.4 is 5.32 Å². The standard InChI is InChI=1S/C15H18N2O3/c1-10-8-12(9-13(11(10)2)14(18)19)16-15(20)17-6-4-3-5-7-17/h3-4,8-9H,5-7H2,1-2H3,(H,16,20)(H,18,19). The lowest BCUT2D eigenvalue weighted by molar-refractivity contribution is 0.0696. The Morgan fingerprint density at radius 1 is 1.25 bits per heavy atom. The van der Waals surface area contributed by atoms with E-state index in [-0.39, 0.29) is 11.6 Å². The van der Waals surface area contributed by atoms with Crippen LogP contribution in [0.5, 0.6) is 0 Å². The minimum absolute atomic E-state index is 0.200. The Hall–Kier alpha value is -2.30. The van der Waals surface area contributed by atoms with Crippen molar-refractivity contribution in [2.75, 3.05) is 18.4 Å². The van der Waals surface area contributed by atoms with Gasteiger partial charge in [-0.15, -0.1) is 0 Å². The summed E-state index contributed by atoms with van der Waals surface area (Å²) < 4.78 is 0. The molecule has 0 fully saturated rings. The van der Waals surface area contributed by atoms with E-state index in [1.54, 1.807) is 17.9 Å². The van der Waals surface area contributed by atoms with Crippen LogP contribution in [0.1, 0.15) is 27.9 Å². The molecular weight excluding hydrogens is 256 g/mol. The summed E-state index contributed by atoms with van der Waals surface area (Å²) in [5.41, 5.74) is 2.30. The first-order chi connectivity index (χ1) is 9.49. The van der Waals surface area contributed by atoms with Crippen molar-refractivity contribution in [2.45, 2.75) is 20.3 Å². The predicted octanol–water partition coefficient (Wildman–Crippen LogP) is 2.80. The van der Waals surface area contributed by atoms with Crippen LogP contribution in [0.2, 0.25) is 0 Å². The van der Waals surface area contributed by atoms with Gasteiger partial charge >= 0.3 is 12.0 Å². The van der Waals surface area contributed by atoms with Crippen molar-refractivity contribution in [1.82, 2.24) is 4.90 Å². The zero-order valence-corrected chi connectivity index (χ0v) is 11.6. The second-order valence-electron chi connectivity index (χ2n) is 4.91. The lowest BCUT2D eigenvalue weighted by atomic mass is 10.0. The molecule has 106 valence electrons. The van der Waals surface area contributed by atoms with Gasteiger partial charge in [0.2, 0.25) is 0 Å². The number of nitrogens with zero attached hydrogens (tertiary/aromatic N) is 1. The van der Waals surface area contributed by atoms with E-state index in [1.165, 1.54) is 6.07 Å². The van der Waals surface area contributed by atoms with E-state index in [2.05, 4.69) is 5.32 Å². The van der Waals surface area contributed by atoms with Crippen LogP contribution in [0.4, 0.5) is 10.5 Å². The Balaban J connectivity index is 2.19. The average Bonchev–Trinajstić information content (AvgIpc) is 2.43. The van der Waals surface area contributed by atoms with Crippen LogP contribution in [0.3, 0.4) is 0 Å². The molecule has 2 rings (SSSR count). The topological polar surface area (TPSA) is 69.6 Å². The maximum Gasteiger partial charge on any atom is 0.336 e. The van der Waals surface area contributed by atoms with Crippen molar-refractivity contribution in [1.29, 1.82) is 0 Å². The molecule has 5 heteroatoms. The summed E-state index contributed by atoms with van der Waals surface area (Å²) in [6.07, 6.45) is 4.84. The molecule has 0 radical (unpaired) electrons. The molecule has 1 aromatic rings. The Kier molecular flexibility index (Phi) is 4.08. The fraction of sp³-hybridized carbons (Fsp3) is 0.333. The van der Waals surface area contributed by atoms with Gasteiger partial charge in [-0.3, -0.25) is 0 Å². The van der Waals surface area contributed by atoms with Crippen LogP contribution in [0, 0.1) is 13.8 Å². The summed E-state index contributed by atoms with van der Waals surface area (Å²) in [7, 11) is 0. The molecule has 0 aliphatic carbocycles. The highest BCUT2D eigenvalue weighted by Crippen LogP contribution is 2.20. The van der Waals surface area contributed by atoms with E-state index in [0.29, 0.717) is 18.8 Å². The highest BCUT2D eigenvalue weighted by molar-refractivity contribution is 5.94. The van der Waals surface area contributed by atoms with Crippen LogP contribution in [-0.4, -0.2) is 35.1 Å². The van der Waals surface area contributed by atoms with Crippen molar-refractivity contribution < 1.29 is 14.7 Å². The van der Waals surface area contributed by atoms with Crippen LogP contribution in [-0.2, 0) is 0 Å². The third kappa shape index (κ3) is 2.99. The number of rotatable bonds is 2. The Labute approximate surface area is 117 Å². The van der Waals surface area contributed by atoms with Gasteiger partial charge in [-0.05, 0) is 43.5 Å². The molecule has 0 spiro atoms. The van der Waals surface area contributed by atoms with Crippen molar-refractivity contribution in [2.24, 2.45) is 0 Å². The molecular formula is C15H18N2O3. The molecule has 5 nitrogen and oxygen atoms in total. The summed E-state index contributed by atoms with van der Waals surface area (Å²) in [4.78, 5) is 24.9. The first-order valence-corrected chi connectivity index (χ1v) is 6.54. The van der Waals surface area contributed by atoms with Gasteiger partial charge in [0.05, 0.1) is 5.56 Å². The summed E-state index contributed by atoms with van der Waals surface area (Å²) in [5, 5.41) is 11.9. The number of hydrogen-bond acceptors (Lipinski definition) is 2. The predicted molar refractivity (Wildman–Crippen MR) is 77.2 cm³/mol. The number of urea groups is 1. The minimum atomic E-state index is -0.984. The SMILES string of the molecule is Cc1cc(NC(=O)N2CC=CCC2)cc(C(=O)O)c1C. The fourth-order valence-corrected chi connectivity index (χ4v) is 2.18. The van der Waals surface area contributed by atoms with Crippen molar-refractivity contribution in [3.63, 3.8) is 0 Å². The van der Waals surface area contributed by atoms with Crippen LogP contribution in [0.15, 0.2) is 24.3 Å². The number of hydrogen-bond donors (Lipinski definition) is 2. The molecule has 0 aromatic heterocycles. The second kappa shape index (κ2) is 5.77. The van der Waals surface area contributed by atoms with E-state index in [9.17, 15) is 9.59 Å². The minimum Gasteiger partial charge on any atom is -0.478 e. The van der Waals surface area contributed by atoms with Crippen molar-refractivity contribution >= 4 is 17.7 Å². The van der Waals surface area contributed by atoms with E-state index >= 15 is 0 Å². The number of aromatic carboxylic acids is 1. The van der Waals surface area contributed by atoms with Crippen LogP contribution >= 0.6 is 0 Å². The number of carbonyl (C=O) groups excluding carboxylic acids is 1. The Bertz CT molecular complexity index is 579. The molecule has 1 aromatic carbocycles. The number of anilines is 1. The lowest BCUT2D eigenvalue weighted by Gasteiger charge is -2.24. The van der Waals surface area contributed by atoms with E-state index in [0.717, 1.165) is 17.5 Å². The second-order valence-corrected chi connectivity index (χ2v) is 4.91. The first-order valence-electron chi connectivity index (χ1n) is 6.54. The highest BCUT2D eigenvalue weighted by atomic mass is 16.4. The number of amides is 2. The van der Waals surface area contributed by atoms with Gasteiger partial charge in [0.15, 0.2) is 0 Å². The molecule has 2 N–H and O–H groups in total. The summed E-state index contributed by atoms with van der Waals surface area (Å²) >= 11 is 0. The molecule has 0 saturated carbocycles. The van der Waals surface area contributed by atoms with Gasteiger partial charge in [-0.2, -0.15) is 0 Å². The molecule has 20 heavy (non-hydrogen) atoms. The lowest BCUT2D eigenvalue weighted by Crippen LogP contribution is -2.37. The third-order valence-corrected chi connectivity index (χ3v) is 3.49. The molecule has 1 heterocycles. The molecule has 0 unspecified atom stereocenters. The van der Waals surface area contributed by atoms with Gasteiger partial charge in [0.1, 0.15) is 0 Å². The number of nitrogens with one attached hydrogen (secondary N) is 1. The normalized spacial score (nSPS) is 14.2. The van der Waals surface area contributed by atoms with E-state index in [4.69, 9.17) is 5.11 Å². The zero-order chi connectivity index (χ0) is 14.7. The summed E-state index contributed by atoms with van der Waals surface area (Å²) in [5.74, 6) is -0.984. The quantitative estimate of drug-likeness (QED) is 0.815. The number of carbonyl (C=O) groups is 2. The Morgan fingerprint density at radius 3 is 2.60 bits per heavy atom. The van der Waals surface area contributed by atoms with Crippen molar-refractivity contribution in [3.8, 4) is 0 Å². The summed E-state index contributed by atoms with van der Waals surface area (Å²) in [6.45, 7) is 4.86. The highest BCUT2D eigenvalue weighted by Gasteiger charge is 2.16. The average molecular weight is 274 g/mol. The zero-order valence-electron chi connectivity index (χ0n) is 11.6. The van der Waals surface area contributed by atoms with Gasteiger partial charge in [0.25, 0.3) is 0 Å². The maximum atomic E-state index is 12.1. The number of carboxylic acids is 1. The fourth-order valence-electron chi connectivity index (χ4n) is 2.18. The third-order valence-electron chi connectivity index (χ3n) is 3.49. The van der Waals surface area contributed by atoms with Gasteiger partial charge in [0, 0.05) is 18.8 Å². The number of aryl methyl sites for hydroxylation is 1. The first kappa shape index (κ1) is 14.1. The van der Waals surface area contributed by atoms with E-state index in [1.807, 2.05) is 19.1 Å². The summed E-state index contributed by atoms with van der Waals surface area (Å²) in [6, 6.07) is 3.09. The molecule has 1 aliphatic heterocycles. The molecule has 0 bridgehead atoms. The number of carboxylic acid groups (broad SMARTS) is 1. The smallest absolute Gasteiger partial charge is 0.336 e. The van der Waals surface area contributed by atoms with Crippen LogP contribution in [0.25, 0.3) is 0 Å². The largest absolute Gasteiger partial charge is 0.478 e. The number of benzene rings is 1. The monoisotopic (exact) mass is 274 g/mol. The molecule has 0 saturated heterocycles. The van der Waals surface area contributed by atoms with E-state index < -0.39 is 5.97 Å². The van der Waals surface area contributed by atoms with Gasteiger partial charge in [-0.25, -0.2) is 9.59 Å². The maximum absolute atomic E-state index is 12.1. The molecule has 2 amide bonds. The van der Waals surface area contributed by atoms with Gasteiger partial charge < -0.3 is 15.3 Å². The van der Waals surface area contributed by atoms with Gasteiger partial charge in [-0.1, -0.05) is 12.2 Å². The molecule has 1 aliphatic rings.